The minimum Gasteiger partial charge on any atom is -0.465 e. The molecule has 1 heterocycles. The van der Waals surface area contributed by atoms with E-state index in [1.807, 2.05) is 13.8 Å². The number of alkyl halides is 3. The summed E-state index contributed by atoms with van der Waals surface area (Å²) in [6.45, 7) is 5.38. The number of carbonyl (C=O) groups excluding carboxylic acids is 1. The van der Waals surface area contributed by atoms with Gasteiger partial charge in [0.05, 0.1) is 5.56 Å². The minimum atomic E-state index is -4.44. The van der Waals surface area contributed by atoms with Crippen molar-refractivity contribution in [3.63, 3.8) is 0 Å². The maximum Gasteiger partial charge on any atom is 0.417 e. The molecule has 0 aliphatic rings. The molecule has 4 nitrogen and oxygen atoms in total. The summed E-state index contributed by atoms with van der Waals surface area (Å²) in [7, 11) is 0. The molecule has 102 valence electrons. The van der Waals surface area contributed by atoms with Crippen molar-refractivity contribution in [3.8, 4) is 5.88 Å². The van der Waals surface area contributed by atoms with E-state index >= 15 is 0 Å². The fourth-order valence-corrected chi connectivity index (χ4v) is 0.857. The molecule has 2 N–H and O–H groups in total. The first-order valence-corrected chi connectivity index (χ1v) is 5.30. The standard InChI is InChI=1S/C9H9F3N2O2.C2H6/c1-5(8(13)15)16-7-3-2-6(4-14-7)9(10,11)12;1-2/h2-5H,1H3,(H2,13,15);1-2H3. The third-order valence-electron chi connectivity index (χ3n) is 1.76. The van der Waals surface area contributed by atoms with Crippen molar-refractivity contribution >= 4 is 5.91 Å². The lowest BCUT2D eigenvalue weighted by Gasteiger charge is -2.11. The van der Waals surface area contributed by atoms with Crippen molar-refractivity contribution in [2.45, 2.75) is 33.1 Å². The number of aromatic nitrogens is 1. The molecule has 1 rings (SSSR count). The predicted molar refractivity (Wildman–Crippen MR) is 59.9 cm³/mol. The molecule has 0 spiro atoms. The highest BCUT2D eigenvalue weighted by Gasteiger charge is 2.30. The number of carbonyl (C=O) groups is 1. The molecule has 0 saturated heterocycles. The van der Waals surface area contributed by atoms with Gasteiger partial charge in [-0.25, -0.2) is 4.98 Å². The largest absolute Gasteiger partial charge is 0.465 e. The highest BCUT2D eigenvalue weighted by atomic mass is 19.4. The number of halogens is 3. The lowest BCUT2D eigenvalue weighted by atomic mass is 10.3. The van der Waals surface area contributed by atoms with E-state index in [0.29, 0.717) is 6.20 Å². The first kappa shape index (κ1) is 16.2. The Balaban J connectivity index is 0.00000137. The maximum absolute atomic E-state index is 12.2. The zero-order valence-electron chi connectivity index (χ0n) is 10.3. The van der Waals surface area contributed by atoms with Crippen molar-refractivity contribution in [1.82, 2.24) is 4.98 Å². The van der Waals surface area contributed by atoms with Gasteiger partial charge >= 0.3 is 6.18 Å². The molecule has 0 aromatic carbocycles. The Morgan fingerprint density at radius 1 is 1.39 bits per heavy atom. The zero-order chi connectivity index (χ0) is 14.3. The lowest BCUT2D eigenvalue weighted by Crippen LogP contribution is -2.30. The van der Waals surface area contributed by atoms with Gasteiger partial charge < -0.3 is 10.5 Å². The van der Waals surface area contributed by atoms with Gasteiger partial charge in [-0.1, -0.05) is 13.8 Å². The molecule has 0 fully saturated rings. The molecule has 1 unspecified atom stereocenters. The number of hydrogen-bond donors (Lipinski definition) is 1. The molecule has 1 aromatic heterocycles. The normalized spacial score (nSPS) is 12.1. The second kappa shape index (κ2) is 6.83. The van der Waals surface area contributed by atoms with Crippen LogP contribution in [0.3, 0.4) is 0 Å². The predicted octanol–water partition coefficient (Wildman–Crippen LogP) is 2.38. The third-order valence-corrected chi connectivity index (χ3v) is 1.76. The zero-order valence-corrected chi connectivity index (χ0v) is 10.3. The van der Waals surface area contributed by atoms with Gasteiger partial charge in [-0.15, -0.1) is 0 Å². The SMILES string of the molecule is CC.CC(Oc1ccc(C(F)(F)F)cn1)C(N)=O. The summed E-state index contributed by atoms with van der Waals surface area (Å²) in [6, 6.07) is 1.85. The van der Waals surface area contributed by atoms with Gasteiger partial charge in [0, 0.05) is 12.3 Å². The quantitative estimate of drug-likeness (QED) is 0.911. The monoisotopic (exact) mass is 264 g/mol. The highest BCUT2D eigenvalue weighted by Crippen LogP contribution is 2.29. The Morgan fingerprint density at radius 2 is 1.94 bits per heavy atom. The summed E-state index contributed by atoms with van der Waals surface area (Å²) >= 11 is 0. The Labute approximate surface area is 103 Å². The fourth-order valence-electron chi connectivity index (χ4n) is 0.857. The van der Waals surface area contributed by atoms with E-state index in [0.717, 1.165) is 12.1 Å². The lowest BCUT2D eigenvalue weighted by molar-refractivity contribution is -0.138. The Bertz CT molecular complexity index is 377. The van der Waals surface area contributed by atoms with Gasteiger partial charge in [0.2, 0.25) is 5.88 Å². The number of rotatable bonds is 3. The number of pyridine rings is 1. The third kappa shape index (κ3) is 5.03. The highest BCUT2D eigenvalue weighted by molar-refractivity contribution is 5.78. The summed E-state index contributed by atoms with van der Waals surface area (Å²) in [5.41, 5.74) is 4.03. The van der Waals surface area contributed by atoms with Gasteiger partial charge in [0.25, 0.3) is 5.91 Å². The van der Waals surface area contributed by atoms with Gasteiger partial charge in [-0.3, -0.25) is 4.79 Å². The van der Waals surface area contributed by atoms with Crippen LogP contribution in [0.5, 0.6) is 5.88 Å². The van der Waals surface area contributed by atoms with Crippen LogP contribution in [-0.2, 0) is 11.0 Å². The van der Waals surface area contributed by atoms with Crippen molar-refractivity contribution in [3.05, 3.63) is 23.9 Å². The number of ether oxygens (including phenoxy) is 1. The van der Waals surface area contributed by atoms with E-state index in [1.165, 1.54) is 6.92 Å². The van der Waals surface area contributed by atoms with Crippen molar-refractivity contribution < 1.29 is 22.7 Å². The topological polar surface area (TPSA) is 65.2 Å². The van der Waals surface area contributed by atoms with E-state index in [9.17, 15) is 18.0 Å². The van der Waals surface area contributed by atoms with E-state index in [-0.39, 0.29) is 5.88 Å². The summed E-state index contributed by atoms with van der Waals surface area (Å²) in [5.74, 6) is -0.805. The van der Waals surface area contributed by atoms with Crippen LogP contribution < -0.4 is 10.5 Å². The summed E-state index contributed by atoms with van der Waals surface area (Å²) in [6.07, 6.45) is -4.76. The molecule has 0 aliphatic carbocycles. The van der Waals surface area contributed by atoms with E-state index in [4.69, 9.17) is 10.5 Å². The first-order chi connectivity index (χ1) is 8.30. The van der Waals surface area contributed by atoms with E-state index < -0.39 is 23.8 Å². The van der Waals surface area contributed by atoms with Gasteiger partial charge in [-0.05, 0) is 13.0 Å². The average molecular weight is 264 g/mol. The van der Waals surface area contributed by atoms with Crippen LogP contribution in [0.4, 0.5) is 13.2 Å². The second-order valence-electron chi connectivity index (χ2n) is 3.05. The number of nitrogens with zero attached hydrogens (tertiary/aromatic N) is 1. The van der Waals surface area contributed by atoms with E-state index in [1.54, 1.807) is 0 Å². The molecule has 0 saturated carbocycles. The number of nitrogens with two attached hydrogens (primary N) is 1. The van der Waals surface area contributed by atoms with Crippen molar-refractivity contribution in [1.29, 1.82) is 0 Å². The maximum atomic E-state index is 12.2. The molecule has 0 bridgehead atoms. The molecule has 1 atom stereocenters. The van der Waals surface area contributed by atoms with Gasteiger partial charge in [0.15, 0.2) is 6.10 Å². The Kier molecular flexibility index (Phi) is 6.15. The number of hydrogen-bond acceptors (Lipinski definition) is 3. The molecule has 7 heteroatoms. The van der Waals surface area contributed by atoms with Crippen LogP contribution in [0.2, 0.25) is 0 Å². The molecular weight excluding hydrogens is 249 g/mol. The van der Waals surface area contributed by atoms with Crippen LogP contribution in [0.15, 0.2) is 18.3 Å². The van der Waals surface area contributed by atoms with Crippen LogP contribution in [0, 0.1) is 0 Å². The fraction of sp³-hybridized carbons (Fsp3) is 0.455. The van der Waals surface area contributed by atoms with Crippen LogP contribution in [0.1, 0.15) is 26.3 Å². The molecule has 0 radical (unpaired) electrons. The number of amides is 1. The van der Waals surface area contributed by atoms with Crippen LogP contribution >= 0.6 is 0 Å². The Morgan fingerprint density at radius 3 is 2.28 bits per heavy atom. The molecule has 1 aromatic rings. The van der Waals surface area contributed by atoms with E-state index in [2.05, 4.69) is 4.98 Å². The minimum absolute atomic E-state index is 0.0840. The van der Waals surface area contributed by atoms with Crippen LogP contribution in [-0.4, -0.2) is 17.0 Å². The van der Waals surface area contributed by atoms with Crippen molar-refractivity contribution in [2.24, 2.45) is 5.73 Å². The number of primary amides is 1. The van der Waals surface area contributed by atoms with Gasteiger partial charge in [-0.2, -0.15) is 13.2 Å². The summed E-state index contributed by atoms with van der Waals surface area (Å²) in [4.78, 5) is 14.0. The smallest absolute Gasteiger partial charge is 0.417 e. The Hall–Kier alpha value is -1.79. The molecule has 1 amide bonds. The van der Waals surface area contributed by atoms with Gasteiger partial charge in [0.1, 0.15) is 0 Å². The average Bonchev–Trinajstić information content (AvgIpc) is 2.31. The molecular formula is C11H15F3N2O2. The van der Waals surface area contributed by atoms with Crippen LogP contribution in [0.25, 0.3) is 0 Å². The molecule has 18 heavy (non-hydrogen) atoms. The summed E-state index contributed by atoms with van der Waals surface area (Å²) < 4.78 is 41.4. The summed E-state index contributed by atoms with van der Waals surface area (Å²) in [5, 5.41) is 0. The van der Waals surface area contributed by atoms with Crippen molar-refractivity contribution in [2.75, 3.05) is 0 Å². The first-order valence-electron chi connectivity index (χ1n) is 5.30. The second-order valence-corrected chi connectivity index (χ2v) is 3.05. The molecule has 0 aliphatic heterocycles.